The van der Waals surface area contributed by atoms with Crippen molar-refractivity contribution in [1.82, 2.24) is 15.2 Å². The van der Waals surface area contributed by atoms with Crippen LogP contribution in [0.15, 0.2) is 71.2 Å². The van der Waals surface area contributed by atoms with Gasteiger partial charge in [0.05, 0.1) is 11.6 Å². The van der Waals surface area contributed by atoms with Gasteiger partial charge in [0.2, 0.25) is 5.36 Å². The number of aromatic carboxylic acids is 1. The predicted molar refractivity (Wildman–Crippen MR) is 180 cm³/mol. The van der Waals surface area contributed by atoms with Crippen LogP contribution in [0, 0.1) is 0 Å². The molecule has 10 heteroatoms. The lowest BCUT2D eigenvalue weighted by atomic mass is 9.89. The van der Waals surface area contributed by atoms with Crippen LogP contribution in [0.1, 0.15) is 52.8 Å². The van der Waals surface area contributed by atoms with Gasteiger partial charge < -0.3 is 29.8 Å². The molecule has 0 fully saturated rings. The first-order valence-electron chi connectivity index (χ1n) is 15.6. The Bertz CT molecular complexity index is 1840. The highest BCUT2D eigenvalue weighted by Crippen LogP contribution is 2.42. The summed E-state index contributed by atoms with van der Waals surface area (Å²) in [5.74, 6) is -0.996. The van der Waals surface area contributed by atoms with Crippen molar-refractivity contribution >= 4 is 34.6 Å². The zero-order chi connectivity index (χ0) is 32.8. The summed E-state index contributed by atoms with van der Waals surface area (Å²) in [6, 6.07) is 16.3. The van der Waals surface area contributed by atoms with Gasteiger partial charge >= 0.3 is 12.1 Å². The van der Waals surface area contributed by atoms with Crippen LogP contribution in [0.5, 0.6) is 0 Å². The van der Waals surface area contributed by atoms with Crippen LogP contribution in [0.4, 0.5) is 10.5 Å². The van der Waals surface area contributed by atoms with E-state index in [9.17, 15) is 19.5 Å². The van der Waals surface area contributed by atoms with Gasteiger partial charge in [-0.1, -0.05) is 18.6 Å². The van der Waals surface area contributed by atoms with E-state index in [1.54, 1.807) is 12.1 Å². The molecule has 46 heavy (non-hydrogen) atoms. The molecule has 3 N–H and O–H groups in total. The van der Waals surface area contributed by atoms with Crippen molar-refractivity contribution in [3.8, 4) is 22.5 Å². The first-order valence-corrected chi connectivity index (χ1v) is 15.6. The molecular formula is C36H41N4O6+. The van der Waals surface area contributed by atoms with Gasteiger partial charge in [0.25, 0.3) is 5.91 Å². The van der Waals surface area contributed by atoms with Gasteiger partial charge in [-0.2, -0.15) is 0 Å². The number of allylic oxidation sites excluding steroid dienone is 1. The minimum atomic E-state index is -1.16. The Hall–Kier alpha value is -5.12. The van der Waals surface area contributed by atoms with Crippen molar-refractivity contribution in [2.24, 2.45) is 0 Å². The molecule has 1 aliphatic heterocycles. The van der Waals surface area contributed by atoms with E-state index in [4.69, 9.17) is 9.15 Å². The maximum Gasteiger partial charge on any atom is 0.407 e. The minimum absolute atomic E-state index is 0.0104. The summed E-state index contributed by atoms with van der Waals surface area (Å²) in [6.07, 6.45) is 8.25. The van der Waals surface area contributed by atoms with Crippen LogP contribution >= 0.6 is 0 Å². The van der Waals surface area contributed by atoms with E-state index in [2.05, 4.69) is 10.6 Å². The molecule has 1 heterocycles. The number of fused-ring (bicyclic) bond motifs is 2. The van der Waals surface area contributed by atoms with Crippen molar-refractivity contribution in [3.63, 3.8) is 0 Å². The van der Waals surface area contributed by atoms with Crippen LogP contribution < -0.4 is 25.5 Å². The highest BCUT2D eigenvalue weighted by molar-refractivity contribution is 6.09. The molecule has 1 atom stereocenters. The number of hydrogen-bond donors (Lipinski definition) is 3. The maximum absolute atomic E-state index is 13.0. The van der Waals surface area contributed by atoms with E-state index in [1.807, 2.05) is 86.2 Å². The summed E-state index contributed by atoms with van der Waals surface area (Å²) < 4.78 is 13.8. The number of ether oxygens (including phenoxy) is 1. The molecule has 1 unspecified atom stereocenters. The second kappa shape index (κ2) is 14.3. The number of rotatable bonds is 8. The smallest absolute Gasteiger partial charge is 0.407 e. The fraction of sp³-hybridized carbons (Fsp3) is 0.333. The van der Waals surface area contributed by atoms with Crippen LogP contribution in [-0.2, 0) is 4.74 Å². The van der Waals surface area contributed by atoms with Gasteiger partial charge in [-0.05, 0) is 67.7 Å². The maximum atomic E-state index is 13.0. The second-order valence-electron chi connectivity index (χ2n) is 11.9. The highest BCUT2D eigenvalue weighted by atomic mass is 16.6. The Morgan fingerprint density at radius 2 is 1.74 bits per heavy atom. The van der Waals surface area contributed by atoms with Crippen molar-refractivity contribution < 1.29 is 28.6 Å². The van der Waals surface area contributed by atoms with E-state index in [0.29, 0.717) is 22.5 Å². The molecule has 2 aromatic rings. The lowest BCUT2D eigenvalue weighted by Crippen LogP contribution is -2.36. The number of nitrogens with zero attached hydrogens (tertiary/aromatic N) is 2. The lowest BCUT2D eigenvalue weighted by Gasteiger charge is -2.19. The number of benzene rings is 3. The Balaban J connectivity index is 1.39. The molecule has 0 spiro atoms. The predicted octanol–water partition coefficient (Wildman–Crippen LogP) is 5.35. The molecule has 0 saturated heterocycles. The Kier molecular flexibility index (Phi) is 10.0. The number of carbonyl (C=O) groups excluding carboxylic acids is 2. The molecule has 2 amide bonds. The highest BCUT2D eigenvalue weighted by Gasteiger charge is 2.24. The monoisotopic (exact) mass is 625 g/mol. The minimum Gasteiger partial charge on any atom is -0.478 e. The fourth-order valence-corrected chi connectivity index (χ4v) is 5.64. The third-order valence-corrected chi connectivity index (χ3v) is 8.15. The second-order valence-corrected chi connectivity index (χ2v) is 11.9. The van der Waals surface area contributed by atoms with Gasteiger partial charge in [0.1, 0.15) is 31.5 Å². The summed E-state index contributed by atoms with van der Waals surface area (Å²) in [5.41, 5.74) is 3.67. The quantitative estimate of drug-likeness (QED) is 0.104. The summed E-state index contributed by atoms with van der Waals surface area (Å²) in [7, 11) is 7.77. The number of nitrogens with one attached hydrogen (secondary N) is 2. The molecule has 2 aromatic carbocycles. The number of anilines is 1. The molecular weight excluding hydrogens is 584 g/mol. The number of carboxylic acid groups (broad SMARTS) is 1. The third-order valence-electron chi connectivity index (χ3n) is 8.15. The third kappa shape index (κ3) is 7.39. The van der Waals surface area contributed by atoms with E-state index in [-0.39, 0.29) is 30.3 Å². The Labute approximate surface area is 268 Å². The molecule has 10 nitrogen and oxygen atoms in total. The van der Waals surface area contributed by atoms with Gasteiger partial charge in [0.15, 0.2) is 0 Å². The van der Waals surface area contributed by atoms with E-state index in [1.165, 1.54) is 6.07 Å². The van der Waals surface area contributed by atoms with Gasteiger partial charge in [0, 0.05) is 67.1 Å². The molecule has 2 aliphatic carbocycles. The average Bonchev–Trinajstić information content (AvgIpc) is 3.02. The van der Waals surface area contributed by atoms with Crippen LogP contribution in [0.25, 0.3) is 33.4 Å². The largest absolute Gasteiger partial charge is 0.478 e. The molecule has 0 saturated carbocycles. The number of alkyl carbamates (subject to hydrolysis) is 1. The fourth-order valence-electron chi connectivity index (χ4n) is 5.64. The average molecular weight is 626 g/mol. The normalized spacial score (nSPS) is 15.4. The summed E-state index contributed by atoms with van der Waals surface area (Å²) >= 11 is 0. The molecule has 0 radical (unpaired) electrons. The topological polar surface area (TPSA) is 124 Å². The lowest BCUT2D eigenvalue weighted by molar-refractivity contribution is 0.0697. The molecule has 3 aliphatic rings. The van der Waals surface area contributed by atoms with Gasteiger partial charge in [-0.3, -0.25) is 4.79 Å². The molecule has 5 rings (SSSR count). The standard InChI is InChI=1S/C36H40N4O6/c1-39(2)24-13-16-28-31(21-24)46-32-22-25(40(3)4)14-17-29(32)33(28)27-15-12-23(20-30(27)35(42)43)34(41)37-18-19-38-36(44)45-26-10-8-6-5-7-9-11-26/h8,10,12-17,20-22,26H,5-7,9,11,18-19H2,1-4H3,(H2-,37,38,41,42,43,44)/p+1/b10-8+. The number of amides is 2. The molecule has 240 valence electrons. The van der Waals surface area contributed by atoms with Crippen molar-refractivity contribution in [1.29, 1.82) is 0 Å². The number of hydrogen-bond acceptors (Lipinski definition) is 6. The van der Waals surface area contributed by atoms with Crippen LogP contribution in [0.3, 0.4) is 0 Å². The zero-order valence-electron chi connectivity index (χ0n) is 26.8. The number of carbonyl (C=O) groups is 3. The van der Waals surface area contributed by atoms with E-state index >= 15 is 0 Å². The van der Waals surface area contributed by atoms with Crippen molar-refractivity contribution in [2.45, 2.75) is 38.2 Å². The van der Waals surface area contributed by atoms with Crippen LogP contribution in [0.2, 0.25) is 0 Å². The van der Waals surface area contributed by atoms with Gasteiger partial charge in [-0.25, -0.2) is 14.2 Å². The molecule has 0 aromatic heterocycles. The Morgan fingerprint density at radius 3 is 2.50 bits per heavy atom. The first kappa shape index (κ1) is 32.3. The first-order chi connectivity index (χ1) is 22.1. The number of carboxylic acids is 1. The zero-order valence-corrected chi connectivity index (χ0v) is 26.8. The van der Waals surface area contributed by atoms with Crippen molar-refractivity contribution in [2.75, 3.05) is 46.2 Å². The summed E-state index contributed by atoms with van der Waals surface area (Å²) in [4.78, 5) is 39.9. The van der Waals surface area contributed by atoms with E-state index < -0.39 is 18.0 Å². The van der Waals surface area contributed by atoms with Gasteiger partial charge in [-0.15, -0.1) is 0 Å². The van der Waals surface area contributed by atoms with E-state index in [0.717, 1.165) is 54.1 Å². The summed E-state index contributed by atoms with van der Waals surface area (Å²) in [6.45, 7) is 0.316. The SMILES string of the molecule is CN(C)c1ccc2c(-c3ccc(C(=O)NCCNC(=O)OC4/C=C/CCCCC4)cc3C(=O)O)c3ccc(=[N+](C)C)cc-3oc2c1. The summed E-state index contributed by atoms with van der Waals surface area (Å²) in [5, 5.41) is 17.4. The van der Waals surface area contributed by atoms with Crippen molar-refractivity contribution in [3.05, 3.63) is 83.2 Å². The molecule has 0 bridgehead atoms. The van der Waals surface area contributed by atoms with Crippen LogP contribution in [-0.4, -0.2) is 70.5 Å². The Morgan fingerprint density at radius 1 is 0.957 bits per heavy atom.